The Hall–Kier alpha value is -5.94. The van der Waals surface area contributed by atoms with Gasteiger partial charge in [-0.2, -0.15) is 5.10 Å². The largest absolute Gasteiger partial charge is 0.492 e. The number of fused-ring (bicyclic) bond motifs is 2. The van der Waals surface area contributed by atoms with E-state index < -0.39 is 5.82 Å². The van der Waals surface area contributed by atoms with Crippen LogP contribution in [-0.4, -0.2) is 68.2 Å². The van der Waals surface area contributed by atoms with Crippen LogP contribution < -0.4 is 10.1 Å². The molecule has 0 radical (unpaired) electrons. The zero-order chi connectivity index (χ0) is 31.6. The van der Waals surface area contributed by atoms with Crippen LogP contribution in [0.4, 0.5) is 10.1 Å². The van der Waals surface area contributed by atoms with E-state index in [2.05, 4.69) is 30.5 Å². The number of nitrogens with one attached hydrogen (secondary N) is 3. The Kier molecular flexibility index (Phi) is 7.65. The Balaban J connectivity index is 1.21. The van der Waals surface area contributed by atoms with Crippen LogP contribution in [0.5, 0.6) is 5.75 Å². The van der Waals surface area contributed by atoms with Crippen LogP contribution in [0, 0.1) is 5.82 Å². The van der Waals surface area contributed by atoms with Crippen molar-refractivity contribution in [2.75, 3.05) is 32.6 Å². The van der Waals surface area contributed by atoms with E-state index in [9.17, 15) is 9.18 Å². The van der Waals surface area contributed by atoms with Gasteiger partial charge in [-0.1, -0.05) is 18.2 Å². The van der Waals surface area contributed by atoms with Gasteiger partial charge in [0, 0.05) is 47.1 Å². The number of halogens is 1. The van der Waals surface area contributed by atoms with Crippen molar-refractivity contribution in [3.8, 4) is 39.5 Å². The highest BCUT2D eigenvalue weighted by Crippen LogP contribution is 2.35. The number of H-pyrrole nitrogens is 2. The molecule has 1 amide bonds. The summed E-state index contributed by atoms with van der Waals surface area (Å²) in [7, 11) is 3.91. The van der Waals surface area contributed by atoms with Crippen molar-refractivity contribution in [1.82, 2.24) is 35.0 Å². The van der Waals surface area contributed by atoms with Gasteiger partial charge in [0.15, 0.2) is 0 Å². The van der Waals surface area contributed by atoms with Gasteiger partial charge < -0.3 is 19.9 Å². The van der Waals surface area contributed by atoms with Crippen LogP contribution >= 0.6 is 0 Å². The zero-order valence-corrected chi connectivity index (χ0v) is 25.1. The fraction of sp³-hybridized carbons (Fsp3) is 0.114. The minimum absolute atomic E-state index is 0.223. The number of pyridine rings is 3. The van der Waals surface area contributed by atoms with Gasteiger partial charge in [0.25, 0.3) is 5.91 Å². The first-order chi connectivity index (χ1) is 22.4. The van der Waals surface area contributed by atoms with E-state index in [-0.39, 0.29) is 5.91 Å². The van der Waals surface area contributed by atoms with Gasteiger partial charge in [0.05, 0.1) is 40.5 Å². The van der Waals surface area contributed by atoms with E-state index in [1.165, 1.54) is 12.1 Å². The number of ether oxygens (including phenoxy) is 1. The molecule has 46 heavy (non-hydrogen) atoms. The maximum Gasteiger partial charge on any atom is 0.255 e. The second-order valence-corrected chi connectivity index (χ2v) is 11.1. The highest BCUT2D eigenvalue weighted by molar-refractivity contribution is 6.04. The topological polar surface area (TPSA) is 125 Å². The fourth-order valence-corrected chi connectivity index (χ4v) is 5.25. The molecule has 7 rings (SSSR count). The number of nitrogens with zero attached hydrogens (tertiary/aromatic N) is 5. The Morgan fingerprint density at radius 3 is 2.61 bits per heavy atom. The molecule has 0 spiro atoms. The number of likely N-dealkylation sites (N-methyl/N-ethyl adjacent to an activating group) is 1. The molecule has 0 saturated carbocycles. The highest BCUT2D eigenvalue weighted by Gasteiger charge is 2.17. The third-order valence-electron chi connectivity index (χ3n) is 7.53. The van der Waals surface area contributed by atoms with Crippen LogP contribution in [0.3, 0.4) is 0 Å². The minimum Gasteiger partial charge on any atom is -0.492 e. The SMILES string of the molecule is CN(C)CCOc1cc(F)cc(-c2cncc3[nH]c(-c4n[nH]c5ccc(-c6cncc(NC(=O)c7ccccc7)c6)nc45)cc23)c1. The normalized spacial score (nSPS) is 11.4. The van der Waals surface area contributed by atoms with Gasteiger partial charge in [-0.05, 0) is 68.2 Å². The Morgan fingerprint density at radius 1 is 0.913 bits per heavy atom. The first kappa shape index (κ1) is 28.8. The first-order valence-corrected chi connectivity index (χ1v) is 14.6. The molecule has 3 N–H and O–H groups in total. The second-order valence-electron chi connectivity index (χ2n) is 11.1. The standard InChI is InChI=1S/C35H29FN8O2/c1-44(2)10-11-46-26-14-22(12-24(36)15-26)28-19-38-20-32-27(28)16-31(40-32)34-33-30(42-43-34)9-8-29(41-33)23-13-25(18-37-17-23)39-35(45)21-6-4-3-5-7-21/h3-9,12-20,40H,10-11H2,1-2H3,(H,39,45)(H,42,43). The van der Waals surface area contributed by atoms with Gasteiger partial charge >= 0.3 is 0 Å². The van der Waals surface area contributed by atoms with Gasteiger partial charge in [-0.3, -0.25) is 19.9 Å². The molecule has 2 aromatic carbocycles. The van der Waals surface area contributed by atoms with E-state index in [0.717, 1.165) is 33.2 Å². The Bertz CT molecular complexity index is 2190. The summed E-state index contributed by atoms with van der Waals surface area (Å²) in [6.07, 6.45) is 6.74. The number of benzene rings is 2. The fourth-order valence-electron chi connectivity index (χ4n) is 5.25. The number of carbonyl (C=O) groups excluding carboxylic acids is 1. The number of anilines is 1. The Morgan fingerprint density at radius 2 is 1.76 bits per heavy atom. The van der Waals surface area contributed by atoms with Crippen LogP contribution in [0.25, 0.3) is 55.7 Å². The lowest BCUT2D eigenvalue weighted by Gasteiger charge is -2.12. The maximum atomic E-state index is 14.7. The number of aromatic amines is 2. The van der Waals surface area contributed by atoms with Crippen molar-refractivity contribution in [2.24, 2.45) is 0 Å². The monoisotopic (exact) mass is 612 g/mol. The molecular weight excluding hydrogens is 583 g/mol. The molecule has 10 nitrogen and oxygen atoms in total. The molecular formula is C35H29FN8O2. The summed E-state index contributed by atoms with van der Waals surface area (Å²) in [6, 6.07) is 21.3. The average Bonchev–Trinajstić information content (AvgIpc) is 3.69. The number of hydrogen-bond donors (Lipinski definition) is 3. The number of carbonyl (C=O) groups is 1. The van der Waals surface area contributed by atoms with E-state index in [4.69, 9.17) is 9.72 Å². The van der Waals surface area contributed by atoms with Crippen LogP contribution in [0.2, 0.25) is 0 Å². The molecule has 0 unspecified atom stereocenters. The molecule has 0 atom stereocenters. The van der Waals surface area contributed by atoms with Crippen molar-refractivity contribution in [3.05, 3.63) is 109 Å². The summed E-state index contributed by atoms with van der Waals surface area (Å²) >= 11 is 0. The zero-order valence-electron chi connectivity index (χ0n) is 25.1. The van der Waals surface area contributed by atoms with Crippen molar-refractivity contribution < 1.29 is 13.9 Å². The van der Waals surface area contributed by atoms with Gasteiger partial charge in [-0.15, -0.1) is 0 Å². The van der Waals surface area contributed by atoms with Crippen molar-refractivity contribution in [3.63, 3.8) is 0 Å². The molecule has 5 heterocycles. The van der Waals surface area contributed by atoms with Crippen LogP contribution in [0.1, 0.15) is 10.4 Å². The lowest BCUT2D eigenvalue weighted by Crippen LogP contribution is -2.19. The third-order valence-corrected chi connectivity index (χ3v) is 7.53. The predicted octanol–water partition coefficient (Wildman–Crippen LogP) is 6.56. The molecule has 0 aliphatic heterocycles. The summed E-state index contributed by atoms with van der Waals surface area (Å²) in [5, 5.41) is 11.4. The number of aromatic nitrogens is 6. The summed E-state index contributed by atoms with van der Waals surface area (Å²) in [4.78, 5) is 31.8. The van der Waals surface area contributed by atoms with E-state index in [1.807, 2.05) is 67.5 Å². The van der Waals surface area contributed by atoms with E-state index in [1.54, 1.807) is 36.9 Å². The molecule has 11 heteroatoms. The van der Waals surface area contributed by atoms with Crippen molar-refractivity contribution in [2.45, 2.75) is 0 Å². The number of rotatable bonds is 9. The van der Waals surface area contributed by atoms with Crippen molar-refractivity contribution in [1.29, 1.82) is 0 Å². The van der Waals surface area contributed by atoms with E-state index in [0.29, 0.717) is 52.6 Å². The summed E-state index contributed by atoms with van der Waals surface area (Å²) < 4.78 is 20.5. The maximum absolute atomic E-state index is 14.7. The Labute approximate surface area is 263 Å². The molecule has 7 aromatic rings. The predicted molar refractivity (Wildman–Crippen MR) is 176 cm³/mol. The van der Waals surface area contributed by atoms with Gasteiger partial charge in [0.1, 0.15) is 29.4 Å². The second kappa shape index (κ2) is 12.2. The van der Waals surface area contributed by atoms with E-state index >= 15 is 0 Å². The molecule has 228 valence electrons. The van der Waals surface area contributed by atoms with Gasteiger partial charge in [0.2, 0.25) is 0 Å². The lowest BCUT2D eigenvalue weighted by molar-refractivity contribution is 0.102. The molecule has 0 fully saturated rings. The first-order valence-electron chi connectivity index (χ1n) is 14.6. The van der Waals surface area contributed by atoms with Crippen molar-refractivity contribution >= 4 is 33.5 Å². The number of hydrogen-bond acceptors (Lipinski definition) is 7. The molecule has 0 saturated heterocycles. The minimum atomic E-state index is -0.390. The third kappa shape index (κ3) is 5.91. The summed E-state index contributed by atoms with van der Waals surface area (Å²) in [5.41, 5.74) is 7.43. The van der Waals surface area contributed by atoms with Gasteiger partial charge in [-0.25, -0.2) is 9.37 Å². The summed E-state index contributed by atoms with van der Waals surface area (Å²) in [5.74, 6) is -0.157. The molecule has 0 aliphatic rings. The van der Waals surface area contributed by atoms with Crippen LogP contribution in [0.15, 0.2) is 97.6 Å². The average molecular weight is 613 g/mol. The smallest absolute Gasteiger partial charge is 0.255 e. The quantitative estimate of drug-likeness (QED) is 0.169. The lowest BCUT2D eigenvalue weighted by atomic mass is 10.0. The molecule has 5 aromatic heterocycles. The molecule has 0 aliphatic carbocycles. The summed E-state index contributed by atoms with van der Waals surface area (Å²) in [6.45, 7) is 1.15. The highest BCUT2D eigenvalue weighted by atomic mass is 19.1. The number of amides is 1. The van der Waals surface area contributed by atoms with Crippen LogP contribution in [-0.2, 0) is 0 Å². The molecule has 0 bridgehead atoms.